The monoisotopic (exact) mass is 302 g/mol. The van der Waals surface area contributed by atoms with Gasteiger partial charge in [-0.3, -0.25) is 4.79 Å². The van der Waals surface area contributed by atoms with Crippen molar-refractivity contribution in [3.05, 3.63) is 35.5 Å². The first kappa shape index (κ1) is 16.1. The zero-order chi connectivity index (χ0) is 16.3. The molecule has 2 unspecified atom stereocenters. The Morgan fingerprint density at radius 3 is 2.64 bits per heavy atom. The number of carboxylic acids is 1. The number of hydrogen-bond acceptors (Lipinski definition) is 2. The van der Waals surface area contributed by atoms with Crippen LogP contribution in [-0.4, -0.2) is 28.0 Å². The number of carboxylic acid groups (broad SMARTS) is 1. The summed E-state index contributed by atoms with van der Waals surface area (Å²) < 4.78 is 0. The molecule has 118 valence electrons. The molecule has 2 aromatic rings. The van der Waals surface area contributed by atoms with E-state index in [2.05, 4.69) is 10.3 Å². The summed E-state index contributed by atoms with van der Waals surface area (Å²) in [4.78, 5) is 26.8. The zero-order valence-corrected chi connectivity index (χ0v) is 13.1. The minimum absolute atomic E-state index is 0.106. The van der Waals surface area contributed by atoms with Crippen molar-refractivity contribution in [1.82, 2.24) is 10.3 Å². The van der Waals surface area contributed by atoms with E-state index in [1.807, 2.05) is 45.0 Å². The Kier molecular flexibility index (Phi) is 4.85. The third-order valence-electron chi connectivity index (χ3n) is 4.16. The van der Waals surface area contributed by atoms with Crippen molar-refractivity contribution >= 4 is 22.8 Å². The standard InChI is InChI=1S/C17H22N2O3/c1-4-10(2)16(17(21)22)19-15(20)9-13-11(3)18-14-8-6-5-7-12(13)14/h5-8,10,16,18H,4,9H2,1-3H3,(H,19,20)(H,21,22). The maximum absolute atomic E-state index is 12.3. The molecular formula is C17H22N2O3. The zero-order valence-electron chi connectivity index (χ0n) is 13.1. The quantitative estimate of drug-likeness (QED) is 0.767. The van der Waals surface area contributed by atoms with Gasteiger partial charge in [0.15, 0.2) is 0 Å². The molecule has 0 spiro atoms. The lowest BCUT2D eigenvalue weighted by atomic mass is 9.98. The van der Waals surface area contributed by atoms with Crippen LogP contribution in [0.1, 0.15) is 31.5 Å². The lowest BCUT2D eigenvalue weighted by Crippen LogP contribution is -2.45. The van der Waals surface area contributed by atoms with Gasteiger partial charge in [0.05, 0.1) is 6.42 Å². The third kappa shape index (κ3) is 3.30. The Morgan fingerprint density at radius 1 is 1.32 bits per heavy atom. The summed E-state index contributed by atoms with van der Waals surface area (Å²) in [6.07, 6.45) is 0.874. The number of para-hydroxylation sites is 1. The number of nitrogens with one attached hydrogen (secondary N) is 2. The highest BCUT2D eigenvalue weighted by atomic mass is 16.4. The Hall–Kier alpha value is -2.30. The second kappa shape index (κ2) is 6.64. The average molecular weight is 302 g/mol. The van der Waals surface area contributed by atoms with Crippen LogP contribution in [0.4, 0.5) is 0 Å². The van der Waals surface area contributed by atoms with E-state index in [0.29, 0.717) is 6.42 Å². The Bertz CT molecular complexity index is 690. The van der Waals surface area contributed by atoms with Crippen molar-refractivity contribution in [1.29, 1.82) is 0 Å². The number of H-pyrrole nitrogens is 1. The topological polar surface area (TPSA) is 82.2 Å². The molecule has 0 fully saturated rings. The first-order valence-corrected chi connectivity index (χ1v) is 7.52. The number of benzene rings is 1. The number of hydrogen-bond donors (Lipinski definition) is 3. The van der Waals surface area contributed by atoms with E-state index in [1.165, 1.54) is 0 Å². The molecule has 0 bridgehead atoms. The van der Waals surface area contributed by atoms with Gasteiger partial charge in [-0.2, -0.15) is 0 Å². The fraction of sp³-hybridized carbons (Fsp3) is 0.412. The Labute approximate surface area is 129 Å². The molecule has 2 atom stereocenters. The summed E-state index contributed by atoms with van der Waals surface area (Å²) >= 11 is 0. The summed E-state index contributed by atoms with van der Waals surface area (Å²) in [6.45, 7) is 5.67. The Morgan fingerprint density at radius 2 is 2.00 bits per heavy atom. The van der Waals surface area contributed by atoms with Crippen LogP contribution in [0.2, 0.25) is 0 Å². The molecule has 2 rings (SSSR count). The summed E-state index contributed by atoms with van der Waals surface area (Å²) in [7, 11) is 0. The van der Waals surface area contributed by atoms with Gasteiger partial charge in [0.1, 0.15) is 6.04 Å². The molecule has 1 amide bonds. The van der Waals surface area contributed by atoms with Gasteiger partial charge in [0.2, 0.25) is 5.91 Å². The first-order valence-electron chi connectivity index (χ1n) is 7.52. The second-order valence-electron chi connectivity index (χ2n) is 5.72. The number of carbonyl (C=O) groups is 2. The van der Waals surface area contributed by atoms with Crippen LogP contribution in [0.25, 0.3) is 10.9 Å². The van der Waals surface area contributed by atoms with Gasteiger partial charge in [-0.05, 0) is 24.5 Å². The predicted molar refractivity (Wildman–Crippen MR) is 85.8 cm³/mol. The lowest BCUT2D eigenvalue weighted by molar-refractivity contribution is -0.143. The van der Waals surface area contributed by atoms with Gasteiger partial charge in [-0.15, -0.1) is 0 Å². The van der Waals surface area contributed by atoms with Gasteiger partial charge in [-0.25, -0.2) is 4.79 Å². The number of carbonyl (C=O) groups excluding carboxylic acids is 1. The normalized spacial score (nSPS) is 13.8. The van der Waals surface area contributed by atoms with Crippen LogP contribution in [-0.2, 0) is 16.0 Å². The fourth-order valence-electron chi connectivity index (χ4n) is 2.63. The van der Waals surface area contributed by atoms with Crippen molar-refractivity contribution in [2.45, 2.75) is 39.7 Å². The maximum Gasteiger partial charge on any atom is 0.326 e. The van der Waals surface area contributed by atoms with Crippen LogP contribution in [0, 0.1) is 12.8 Å². The molecule has 0 aliphatic rings. The van der Waals surface area contributed by atoms with Crippen molar-refractivity contribution in [2.75, 3.05) is 0 Å². The number of rotatable bonds is 6. The molecular weight excluding hydrogens is 280 g/mol. The highest BCUT2D eigenvalue weighted by molar-refractivity contribution is 5.91. The van der Waals surface area contributed by atoms with E-state index < -0.39 is 12.0 Å². The van der Waals surface area contributed by atoms with E-state index >= 15 is 0 Å². The van der Waals surface area contributed by atoms with Crippen molar-refractivity contribution in [3.8, 4) is 0 Å². The molecule has 0 saturated carbocycles. The van der Waals surface area contributed by atoms with Gasteiger partial charge in [-0.1, -0.05) is 38.5 Å². The van der Waals surface area contributed by atoms with E-state index in [4.69, 9.17) is 0 Å². The van der Waals surface area contributed by atoms with Gasteiger partial charge >= 0.3 is 5.97 Å². The third-order valence-corrected chi connectivity index (χ3v) is 4.16. The number of aliphatic carboxylic acids is 1. The molecule has 5 heteroatoms. The number of amides is 1. The van der Waals surface area contributed by atoms with E-state index in [9.17, 15) is 14.7 Å². The molecule has 0 aliphatic carbocycles. The number of aromatic nitrogens is 1. The van der Waals surface area contributed by atoms with Crippen molar-refractivity contribution < 1.29 is 14.7 Å². The summed E-state index contributed by atoms with van der Waals surface area (Å²) in [6, 6.07) is 6.94. The first-order chi connectivity index (χ1) is 10.4. The van der Waals surface area contributed by atoms with Crippen LogP contribution in [0.15, 0.2) is 24.3 Å². The van der Waals surface area contributed by atoms with E-state index in [0.717, 1.165) is 22.2 Å². The van der Waals surface area contributed by atoms with Crippen molar-refractivity contribution in [2.24, 2.45) is 5.92 Å². The number of aromatic amines is 1. The Balaban J connectivity index is 2.17. The van der Waals surface area contributed by atoms with Crippen LogP contribution >= 0.6 is 0 Å². The molecule has 0 aliphatic heterocycles. The molecule has 1 heterocycles. The smallest absolute Gasteiger partial charge is 0.326 e. The van der Waals surface area contributed by atoms with Crippen LogP contribution in [0.3, 0.4) is 0 Å². The summed E-state index contributed by atoms with van der Waals surface area (Å²) in [5.41, 5.74) is 2.84. The average Bonchev–Trinajstić information content (AvgIpc) is 2.80. The fourth-order valence-corrected chi connectivity index (χ4v) is 2.63. The molecule has 22 heavy (non-hydrogen) atoms. The lowest BCUT2D eigenvalue weighted by Gasteiger charge is -2.20. The molecule has 5 nitrogen and oxygen atoms in total. The highest BCUT2D eigenvalue weighted by Gasteiger charge is 2.25. The van der Waals surface area contributed by atoms with E-state index in [-0.39, 0.29) is 18.2 Å². The SMILES string of the molecule is CCC(C)C(NC(=O)Cc1c(C)[nH]c2ccccc12)C(=O)O. The highest BCUT2D eigenvalue weighted by Crippen LogP contribution is 2.22. The summed E-state index contributed by atoms with van der Waals surface area (Å²) in [5.74, 6) is -1.36. The van der Waals surface area contributed by atoms with Gasteiger partial charge in [0.25, 0.3) is 0 Å². The molecule has 3 N–H and O–H groups in total. The van der Waals surface area contributed by atoms with Crippen LogP contribution < -0.4 is 5.32 Å². The minimum Gasteiger partial charge on any atom is -0.480 e. The van der Waals surface area contributed by atoms with Gasteiger partial charge in [0, 0.05) is 16.6 Å². The summed E-state index contributed by atoms with van der Waals surface area (Å²) in [5, 5.41) is 12.9. The van der Waals surface area contributed by atoms with Crippen molar-refractivity contribution in [3.63, 3.8) is 0 Å². The molecule has 1 aromatic carbocycles. The van der Waals surface area contributed by atoms with E-state index in [1.54, 1.807) is 0 Å². The molecule has 0 radical (unpaired) electrons. The number of aryl methyl sites for hydroxylation is 1. The van der Waals surface area contributed by atoms with Crippen LogP contribution in [0.5, 0.6) is 0 Å². The minimum atomic E-state index is -0.988. The largest absolute Gasteiger partial charge is 0.480 e. The van der Waals surface area contributed by atoms with Gasteiger partial charge < -0.3 is 15.4 Å². The number of fused-ring (bicyclic) bond motifs is 1. The predicted octanol–water partition coefficient (Wildman–Crippen LogP) is 2.63. The molecule has 0 saturated heterocycles. The second-order valence-corrected chi connectivity index (χ2v) is 5.72. The maximum atomic E-state index is 12.3. The molecule has 1 aromatic heterocycles.